The molecule has 0 saturated carbocycles. The third-order valence-corrected chi connectivity index (χ3v) is 3.35. The van der Waals surface area contributed by atoms with Crippen molar-refractivity contribution in [2.24, 2.45) is 5.73 Å². The molecule has 0 aromatic heterocycles. The van der Waals surface area contributed by atoms with Crippen LogP contribution in [0, 0.1) is 11.6 Å². The fraction of sp³-hybridized carbons (Fsp3) is 0.333. The second kappa shape index (κ2) is 5.33. The predicted octanol–water partition coefficient (Wildman–Crippen LogP) is 0.592. The van der Waals surface area contributed by atoms with Gasteiger partial charge in [-0.2, -0.15) is 0 Å². The lowest BCUT2D eigenvalue weighted by molar-refractivity contribution is 0.542. The number of nitrogens with one attached hydrogen (secondary N) is 1. The van der Waals surface area contributed by atoms with Crippen LogP contribution in [0.3, 0.4) is 0 Å². The fourth-order valence-corrected chi connectivity index (χ4v) is 2.21. The highest BCUT2D eigenvalue weighted by Crippen LogP contribution is 2.14. The first-order valence-corrected chi connectivity index (χ1v) is 6.10. The lowest BCUT2D eigenvalue weighted by Crippen LogP contribution is -2.27. The Hall–Kier alpha value is -1.05. The number of rotatable bonds is 5. The van der Waals surface area contributed by atoms with E-state index in [9.17, 15) is 17.2 Å². The van der Waals surface area contributed by atoms with Gasteiger partial charge < -0.3 is 5.73 Å². The maximum absolute atomic E-state index is 13.2. The standard InChI is InChI=1S/C9H12F2N2O2S/c10-7-2-3-9(8(11)6-7)16(14,15)13-5-1-4-12/h2-3,6,13H,1,4-5,12H2. The molecule has 0 aliphatic heterocycles. The van der Waals surface area contributed by atoms with E-state index in [4.69, 9.17) is 5.73 Å². The quantitative estimate of drug-likeness (QED) is 0.751. The zero-order valence-corrected chi connectivity index (χ0v) is 9.23. The Morgan fingerprint density at radius 1 is 1.31 bits per heavy atom. The summed E-state index contributed by atoms with van der Waals surface area (Å²) >= 11 is 0. The fourth-order valence-electron chi connectivity index (χ4n) is 1.08. The largest absolute Gasteiger partial charge is 0.330 e. The summed E-state index contributed by atoms with van der Waals surface area (Å²) in [6, 6.07) is 2.30. The van der Waals surface area contributed by atoms with Crippen LogP contribution in [-0.2, 0) is 10.0 Å². The van der Waals surface area contributed by atoms with Gasteiger partial charge in [0.2, 0.25) is 10.0 Å². The van der Waals surface area contributed by atoms with Crippen molar-refractivity contribution in [3.8, 4) is 0 Å². The Labute approximate surface area is 92.5 Å². The second-order valence-corrected chi connectivity index (χ2v) is 4.85. The zero-order valence-electron chi connectivity index (χ0n) is 8.41. The molecule has 0 bridgehead atoms. The Kier molecular flexibility index (Phi) is 4.34. The first-order chi connectivity index (χ1) is 7.47. The summed E-state index contributed by atoms with van der Waals surface area (Å²) in [5.74, 6) is -1.93. The average molecular weight is 250 g/mol. The summed E-state index contributed by atoms with van der Waals surface area (Å²) in [7, 11) is -3.93. The summed E-state index contributed by atoms with van der Waals surface area (Å²) in [6.45, 7) is 0.448. The molecule has 0 fully saturated rings. The van der Waals surface area contributed by atoms with Gasteiger partial charge in [-0.05, 0) is 25.1 Å². The zero-order chi connectivity index (χ0) is 12.2. The van der Waals surface area contributed by atoms with Gasteiger partial charge in [0, 0.05) is 12.6 Å². The summed E-state index contributed by atoms with van der Waals surface area (Å²) in [6.07, 6.45) is 0.446. The van der Waals surface area contributed by atoms with Crippen LogP contribution in [0.5, 0.6) is 0 Å². The molecular weight excluding hydrogens is 238 g/mol. The van der Waals surface area contributed by atoms with Crippen molar-refractivity contribution in [1.82, 2.24) is 4.72 Å². The van der Waals surface area contributed by atoms with Crippen molar-refractivity contribution in [1.29, 1.82) is 0 Å². The second-order valence-electron chi connectivity index (χ2n) is 3.11. The van der Waals surface area contributed by atoms with Crippen molar-refractivity contribution in [2.75, 3.05) is 13.1 Å². The minimum atomic E-state index is -3.93. The lowest BCUT2D eigenvalue weighted by atomic mass is 10.3. The molecule has 0 aliphatic rings. The van der Waals surface area contributed by atoms with Crippen molar-refractivity contribution >= 4 is 10.0 Å². The summed E-state index contributed by atoms with van der Waals surface area (Å²) in [5.41, 5.74) is 5.19. The monoisotopic (exact) mass is 250 g/mol. The van der Waals surface area contributed by atoms with E-state index >= 15 is 0 Å². The topological polar surface area (TPSA) is 72.2 Å². The molecule has 0 unspecified atom stereocenters. The number of sulfonamides is 1. The van der Waals surface area contributed by atoms with Crippen molar-refractivity contribution in [3.63, 3.8) is 0 Å². The molecule has 16 heavy (non-hydrogen) atoms. The first kappa shape index (κ1) is 13.0. The molecule has 0 saturated heterocycles. The normalized spacial score (nSPS) is 11.7. The maximum atomic E-state index is 13.2. The van der Waals surface area contributed by atoms with Gasteiger partial charge in [-0.15, -0.1) is 0 Å². The Bertz CT molecular complexity index is 463. The van der Waals surface area contributed by atoms with Gasteiger partial charge in [-0.1, -0.05) is 0 Å². The van der Waals surface area contributed by atoms with Gasteiger partial charge in [-0.3, -0.25) is 0 Å². The molecule has 90 valence electrons. The van der Waals surface area contributed by atoms with E-state index in [1.54, 1.807) is 0 Å². The van der Waals surface area contributed by atoms with Crippen LogP contribution in [0.4, 0.5) is 8.78 Å². The van der Waals surface area contributed by atoms with Gasteiger partial charge in [0.05, 0.1) is 0 Å². The molecule has 1 aromatic carbocycles. The van der Waals surface area contributed by atoms with E-state index in [1.165, 1.54) is 0 Å². The molecule has 7 heteroatoms. The molecule has 0 atom stereocenters. The van der Waals surface area contributed by atoms with Crippen LogP contribution in [0.2, 0.25) is 0 Å². The number of nitrogens with two attached hydrogens (primary N) is 1. The molecule has 0 aliphatic carbocycles. The van der Waals surface area contributed by atoms with E-state index in [1.807, 2.05) is 0 Å². The van der Waals surface area contributed by atoms with Crippen molar-refractivity contribution < 1.29 is 17.2 Å². The number of hydrogen-bond donors (Lipinski definition) is 2. The first-order valence-electron chi connectivity index (χ1n) is 4.62. The van der Waals surface area contributed by atoms with E-state index < -0.39 is 26.6 Å². The van der Waals surface area contributed by atoms with E-state index in [-0.39, 0.29) is 6.54 Å². The van der Waals surface area contributed by atoms with E-state index in [0.29, 0.717) is 19.0 Å². The Morgan fingerprint density at radius 3 is 2.56 bits per heavy atom. The molecule has 1 rings (SSSR count). The van der Waals surface area contributed by atoms with Gasteiger partial charge >= 0.3 is 0 Å². The average Bonchev–Trinajstić information content (AvgIpc) is 2.17. The van der Waals surface area contributed by atoms with Crippen LogP contribution >= 0.6 is 0 Å². The highest BCUT2D eigenvalue weighted by Gasteiger charge is 2.18. The molecular formula is C9H12F2N2O2S. The number of halogens is 2. The Balaban J connectivity index is 2.90. The minimum Gasteiger partial charge on any atom is -0.330 e. The van der Waals surface area contributed by atoms with Crippen LogP contribution in [0.15, 0.2) is 23.1 Å². The highest BCUT2D eigenvalue weighted by molar-refractivity contribution is 7.89. The predicted molar refractivity (Wildman–Crippen MR) is 55.2 cm³/mol. The van der Waals surface area contributed by atoms with Gasteiger partial charge in [0.25, 0.3) is 0 Å². The SMILES string of the molecule is NCCCNS(=O)(=O)c1ccc(F)cc1F. The van der Waals surface area contributed by atoms with Gasteiger partial charge in [0.1, 0.15) is 16.5 Å². The molecule has 0 amide bonds. The summed E-state index contributed by atoms with van der Waals surface area (Å²) in [4.78, 5) is -0.564. The van der Waals surface area contributed by atoms with Crippen LogP contribution in [0.25, 0.3) is 0 Å². The van der Waals surface area contributed by atoms with Crippen LogP contribution in [0.1, 0.15) is 6.42 Å². The molecule has 0 heterocycles. The van der Waals surface area contributed by atoms with Crippen molar-refractivity contribution in [3.05, 3.63) is 29.8 Å². The number of benzene rings is 1. The minimum absolute atomic E-state index is 0.121. The third-order valence-electron chi connectivity index (χ3n) is 1.86. The third kappa shape index (κ3) is 3.22. The molecule has 0 spiro atoms. The number of hydrogen-bond acceptors (Lipinski definition) is 3. The lowest BCUT2D eigenvalue weighted by Gasteiger charge is -2.06. The summed E-state index contributed by atoms with van der Waals surface area (Å²) in [5, 5.41) is 0. The smallest absolute Gasteiger partial charge is 0.243 e. The molecule has 1 aromatic rings. The molecule has 0 radical (unpaired) electrons. The summed E-state index contributed by atoms with van der Waals surface area (Å²) < 4.78 is 51.0. The molecule has 3 N–H and O–H groups in total. The molecule has 4 nitrogen and oxygen atoms in total. The van der Waals surface area contributed by atoms with Gasteiger partial charge in [0.15, 0.2) is 0 Å². The van der Waals surface area contributed by atoms with E-state index in [0.717, 1.165) is 12.1 Å². The van der Waals surface area contributed by atoms with Gasteiger partial charge in [-0.25, -0.2) is 21.9 Å². The maximum Gasteiger partial charge on any atom is 0.243 e. The van der Waals surface area contributed by atoms with Crippen LogP contribution in [-0.4, -0.2) is 21.5 Å². The van der Waals surface area contributed by atoms with Crippen LogP contribution < -0.4 is 10.5 Å². The van der Waals surface area contributed by atoms with E-state index in [2.05, 4.69) is 4.72 Å². The Morgan fingerprint density at radius 2 is 2.00 bits per heavy atom. The highest BCUT2D eigenvalue weighted by atomic mass is 32.2. The van der Waals surface area contributed by atoms with Crippen molar-refractivity contribution in [2.45, 2.75) is 11.3 Å².